The van der Waals surface area contributed by atoms with Gasteiger partial charge in [0.15, 0.2) is 0 Å². The molecule has 0 amide bonds. The van der Waals surface area contributed by atoms with Gasteiger partial charge in [0, 0.05) is 16.6 Å². The van der Waals surface area contributed by atoms with E-state index in [-0.39, 0.29) is 23.9 Å². The maximum atomic E-state index is 12.8. The highest BCUT2D eigenvalue weighted by Crippen LogP contribution is 2.64. The van der Waals surface area contributed by atoms with Crippen molar-refractivity contribution in [2.45, 2.75) is 51.7 Å². The van der Waals surface area contributed by atoms with Crippen LogP contribution in [0.25, 0.3) is 0 Å². The number of carbonyl (C=O) groups excluding carboxylic acids is 2. The predicted molar refractivity (Wildman–Crippen MR) is 95.3 cm³/mol. The van der Waals surface area contributed by atoms with Gasteiger partial charge in [-0.15, -0.1) is 0 Å². The van der Waals surface area contributed by atoms with Crippen LogP contribution < -0.4 is 0 Å². The molecule has 0 unspecified atom stereocenters. The summed E-state index contributed by atoms with van der Waals surface area (Å²) in [5, 5.41) is 10.5. The molecule has 4 rings (SSSR count). The molecule has 6 nitrogen and oxygen atoms in total. The molecule has 2 fully saturated rings. The Balaban J connectivity index is 1.75. The van der Waals surface area contributed by atoms with Crippen molar-refractivity contribution >= 4 is 11.9 Å². The van der Waals surface area contributed by atoms with Crippen molar-refractivity contribution in [3.8, 4) is 0 Å². The molecule has 3 aliphatic rings. The molecule has 1 N–H and O–H groups in total. The normalized spacial score (nSPS) is 41.0. The number of fused-ring (bicyclic) bond motifs is 3. The Morgan fingerprint density at radius 1 is 1.37 bits per heavy atom. The van der Waals surface area contributed by atoms with Crippen molar-refractivity contribution in [2.24, 2.45) is 22.7 Å². The molecular formula is C21H26O6. The van der Waals surface area contributed by atoms with E-state index in [4.69, 9.17) is 13.9 Å². The number of aliphatic hydroxyl groups excluding tert-OH is 1. The van der Waals surface area contributed by atoms with E-state index in [0.29, 0.717) is 31.3 Å². The first-order valence-corrected chi connectivity index (χ1v) is 9.51. The summed E-state index contributed by atoms with van der Waals surface area (Å²) in [6, 6.07) is 1.82. The molecule has 1 aromatic heterocycles. The molecule has 6 heteroatoms. The van der Waals surface area contributed by atoms with Crippen LogP contribution in [0.2, 0.25) is 0 Å². The summed E-state index contributed by atoms with van der Waals surface area (Å²) in [5.41, 5.74) is 0.553. The van der Waals surface area contributed by atoms with E-state index < -0.39 is 22.9 Å². The topological polar surface area (TPSA) is 86.0 Å². The van der Waals surface area contributed by atoms with E-state index in [1.807, 2.05) is 6.07 Å². The first-order valence-electron chi connectivity index (χ1n) is 9.51. The first kappa shape index (κ1) is 18.3. The van der Waals surface area contributed by atoms with Crippen LogP contribution in [0.5, 0.6) is 0 Å². The van der Waals surface area contributed by atoms with E-state index in [1.165, 1.54) is 7.11 Å². The third kappa shape index (κ3) is 2.64. The van der Waals surface area contributed by atoms with Gasteiger partial charge in [-0.3, -0.25) is 4.79 Å². The Hall–Kier alpha value is -2.08. The number of carbonyl (C=O) groups is 2. The monoisotopic (exact) mass is 374 g/mol. The third-order valence-electron chi connectivity index (χ3n) is 7.25. The maximum Gasteiger partial charge on any atom is 0.334 e. The summed E-state index contributed by atoms with van der Waals surface area (Å²) in [7, 11) is 1.36. The molecule has 2 heterocycles. The maximum absolute atomic E-state index is 12.8. The second kappa shape index (κ2) is 6.23. The minimum atomic E-state index is -0.724. The predicted octanol–water partition coefficient (Wildman–Crippen LogP) is 3.17. The number of ether oxygens (including phenoxy) is 2. The molecule has 146 valence electrons. The lowest BCUT2D eigenvalue weighted by molar-refractivity contribution is -0.192. The first-order chi connectivity index (χ1) is 12.8. The van der Waals surface area contributed by atoms with Gasteiger partial charge in [-0.05, 0) is 49.2 Å². The summed E-state index contributed by atoms with van der Waals surface area (Å²) >= 11 is 0. The second-order valence-electron chi connectivity index (χ2n) is 8.63. The highest BCUT2D eigenvalue weighted by molar-refractivity contribution is 5.90. The molecule has 0 spiro atoms. The number of cyclic esters (lactones) is 1. The molecule has 1 aliphatic heterocycles. The molecule has 27 heavy (non-hydrogen) atoms. The van der Waals surface area contributed by atoms with Crippen molar-refractivity contribution in [1.82, 2.24) is 0 Å². The minimum Gasteiger partial charge on any atom is -0.472 e. The largest absolute Gasteiger partial charge is 0.472 e. The summed E-state index contributed by atoms with van der Waals surface area (Å²) in [6.07, 6.45) is 6.25. The zero-order valence-corrected chi connectivity index (χ0v) is 15.9. The van der Waals surface area contributed by atoms with Crippen LogP contribution in [-0.4, -0.2) is 30.3 Å². The van der Waals surface area contributed by atoms with Gasteiger partial charge in [0.25, 0.3) is 0 Å². The Labute approximate surface area is 158 Å². The van der Waals surface area contributed by atoms with E-state index in [1.54, 1.807) is 18.6 Å². The highest BCUT2D eigenvalue weighted by Gasteiger charge is 2.62. The van der Waals surface area contributed by atoms with Gasteiger partial charge in [-0.2, -0.15) is 0 Å². The third-order valence-corrected chi connectivity index (χ3v) is 7.25. The van der Waals surface area contributed by atoms with Crippen LogP contribution in [0.4, 0.5) is 0 Å². The Morgan fingerprint density at radius 2 is 2.15 bits per heavy atom. The standard InChI is InChI=1S/C21H26O6/c1-20-6-4-14-19(24)27-16(12-5-7-26-11-12)10-21(14,2)17(20)9-13(22)8-15(20)18(23)25-3/h5,7-8,11,13-14,16-17,22H,4,6,9-10H2,1-3H3/t13-,14+,16-,17+,20-,21+/m0/s1. The average Bonchev–Trinajstić information content (AvgIpc) is 3.16. The Morgan fingerprint density at radius 3 is 2.81 bits per heavy atom. The zero-order valence-electron chi connectivity index (χ0n) is 15.9. The molecule has 1 saturated heterocycles. The second-order valence-corrected chi connectivity index (χ2v) is 8.63. The number of aliphatic hydroxyl groups is 1. The fraction of sp³-hybridized carbons (Fsp3) is 0.619. The summed E-state index contributed by atoms with van der Waals surface area (Å²) in [4.78, 5) is 25.3. The fourth-order valence-electron chi connectivity index (χ4n) is 5.85. The van der Waals surface area contributed by atoms with Crippen LogP contribution in [0.1, 0.15) is 51.2 Å². The summed E-state index contributed by atoms with van der Waals surface area (Å²) < 4.78 is 15.9. The van der Waals surface area contributed by atoms with Gasteiger partial charge >= 0.3 is 11.9 Å². The van der Waals surface area contributed by atoms with Crippen LogP contribution >= 0.6 is 0 Å². The molecule has 1 aromatic rings. The van der Waals surface area contributed by atoms with E-state index >= 15 is 0 Å². The highest BCUT2D eigenvalue weighted by atomic mass is 16.5. The number of rotatable bonds is 2. The van der Waals surface area contributed by atoms with Crippen LogP contribution in [0.15, 0.2) is 34.7 Å². The van der Waals surface area contributed by atoms with Crippen LogP contribution in [0, 0.1) is 22.7 Å². The quantitative estimate of drug-likeness (QED) is 0.800. The van der Waals surface area contributed by atoms with Gasteiger partial charge in [-0.1, -0.05) is 13.8 Å². The van der Waals surface area contributed by atoms with Gasteiger partial charge in [0.1, 0.15) is 6.10 Å². The fourth-order valence-corrected chi connectivity index (χ4v) is 5.85. The number of esters is 2. The molecule has 1 saturated carbocycles. The molecule has 0 bridgehead atoms. The Kier molecular flexibility index (Phi) is 4.22. The van der Waals surface area contributed by atoms with Crippen molar-refractivity contribution in [3.63, 3.8) is 0 Å². The molecular weight excluding hydrogens is 348 g/mol. The molecule has 0 aromatic carbocycles. The van der Waals surface area contributed by atoms with E-state index in [9.17, 15) is 14.7 Å². The van der Waals surface area contributed by atoms with Crippen molar-refractivity contribution in [2.75, 3.05) is 7.11 Å². The smallest absolute Gasteiger partial charge is 0.334 e. The minimum absolute atomic E-state index is 0.0277. The Bertz CT molecular complexity index is 781. The number of hydrogen-bond donors (Lipinski definition) is 1. The lowest BCUT2D eigenvalue weighted by Gasteiger charge is -2.59. The molecule has 0 radical (unpaired) electrons. The average molecular weight is 374 g/mol. The van der Waals surface area contributed by atoms with Crippen molar-refractivity contribution < 1.29 is 28.6 Å². The molecule has 2 aliphatic carbocycles. The number of furan rings is 1. The SMILES string of the molecule is COC(=O)C1=C[C@H](O)C[C@H]2[C@]3(C)C[C@@H](c4ccoc4)OC(=O)[C@H]3CC[C@@]12C. The van der Waals surface area contributed by atoms with Gasteiger partial charge in [0.05, 0.1) is 31.7 Å². The van der Waals surface area contributed by atoms with E-state index in [2.05, 4.69) is 13.8 Å². The van der Waals surface area contributed by atoms with Crippen molar-refractivity contribution in [1.29, 1.82) is 0 Å². The van der Waals surface area contributed by atoms with E-state index in [0.717, 1.165) is 5.56 Å². The zero-order chi connectivity index (χ0) is 19.4. The lowest BCUT2D eigenvalue weighted by atomic mass is 9.45. The van der Waals surface area contributed by atoms with Crippen molar-refractivity contribution in [3.05, 3.63) is 35.8 Å². The summed E-state index contributed by atoms with van der Waals surface area (Å²) in [6.45, 7) is 4.18. The summed E-state index contributed by atoms with van der Waals surface area (Å²) in [5.74, 6) is -0.850. The molecule has 6 atom stereocenters. The number of methoxy groups -OCH3 is 1. The van der Waals surface area contributed by atoms with Crippen LogP contribution in [-0.2, 0) is 19.1 Å². The van der Waals surface area contributed by atoms with Gasteiger partial charge < -0.3 is 19.0 Å². The lowest BCUT2D eigenvalue weighted by Crippen LogP contribution is -2.57. The van der Waals surface area contributed by atoms with Crippen LogP contribution in [0.3, 0.4) is 0 Å². The van der Waals surface area contributed by atoms with Gasteiger partial charge in [0.2, 0.25) is 0 Å². The number of hydrogen-bond acceptors (Lipinski definition) is 6. The van der Waals surface area contributed by atoms with Gasteiger partial charge in [-0.25, -0.2) is 4.79 Å².